The summed E-state index contributed by atoms with van der Waals surface area (Å²) in [7, 11) is 1.64. The van der Waals surface area contributed by atoms with Crippen molar-refractivity contribution in [2.45, 2.75) is 32.5 Å². The summed E-state index contributed by atoms with van der Waals surface area (Å²) in [5.41, 5.74) is 1.15. The van der Waals surface area contributed by atoms with Gasteiger partial charge in [0.2, 0.25) is 0 Å². The van der Waals surface area contributed by atoms with Gasteiger partial charge in [-0.25, -0.2) is 0 Å². The summed E-state index contributed by atoms with van der Waals surface area (Å²) < 4.78 is 11.2. The van der Waals surface area contributed by atoms with Crippen LogP contribution in [0.2, 0.25) is 0 Å². The van der Waals surface area contributed by atoms with Crippen LogP contribution < -0.4 is 14.8 Å². The molecule has 1 heterocycles. The quantitative estimate of drug-likeness (QED) is 0.707. The monoisotopic (exact) mass is 354 g/mol. The molecule has 6 heteroatoms. The molecule has 1 aromatic rings. The van der Waals surface area contributed by atoms with E-state index in [2.05, 4.69) is 24.1 Å². The number of nitrogens with zero attached hydrogens (tertiary/aromatic N) is 1. The average Bonchev–Trinajstić information content (AvgIpc) is 2.59. The predicted molar refractivity (Wildman–Crippen MR) is 100 cm³/mol. The molecule has 1 aromatic carbocycles. The number of β-amino-alcohol motifs (C(OH)–C–C–N with tert-alkyl or cyclic N) is 1. The zero-order chi connectivity index (χ0) is 17.4. The van der Waals surface area contributed by atoms with Crippen molar-refractivity contribution < 1.29 is 14.6 Å². The highest BCUT2D eigenvalue weighted by Crippen LogP contribution is 2.28. The molecule has 0 amide bonds. The van der Waals surface area contributed by atoms with Gasteiger partial charge in [0, 0.05) is 43.7 Å². The van der Waals surface area contributed by atoms with E-state index in [1.54, 1.807) is 7.11 Å². The van der Waals surface area contributed by atoms with Gasteiger partial charge in [-0.15, -0.1) is 0 Å². The summed E-state index contributed by atoms with van der Waals surface area (Å²) in [6.45, 7) is 8.08. The van der Waals surface area contributed by atoms with Gasteiger partial charge in [-0.2, -0.15) is 11.8 Å². The fraction of sp³-hybridized carbons (Fsp3) is 0.667. The van der Waals surface area contributed by atoms with Crippen LogP contribution in [0.25, 0.3) is 0 Å². The third-order valence-corrected chi connectivity index (χ3v) is 4.89. The molecule has 2 rings (SSSR count). The Morgan fingerprint density at radius 3 is 2.67 bits per heavy atom. The van der Waals surface area contributed by atoms with E-state index in [4.69, 9.17) is 9.47 Å². The molecule has 24 heavy (non-hydrogen) atoms. The van der Waals surface area contributed by atoms with Gasteiger partial charge in [0.15, 0.2) is 11.5 Å². The smallest absolute Gasteiger partial charge is 0.161 e. The number of aliphatic hydroxyl groups is 1. The Labute approximate surface area is 149 Å². The van der Waals surface area contributed by atoms with Crippen LogP contribution in [0.3, 0.4) is 0 Å². The highest BCUT2D eigenvalue weighted by atomic mass is 32.2. The minimum Gasteiger partial charge on any atom is -0.493 e. The van der Waals surface area contributed by atoms with Crippen LogP contribution in [0.4, 0.5) is 0 Å². The van der Waals surface area contributed by atoms with Crippen molar-refractivity contribution in [1.29, 1.82) is 0 Å². The molecular formula is C18H30N2O3S. The summed E-state index contributed by atoms with van der Waals surface area (Å²) in [5, 5.41) is 13.6. The number of hydrogen-bond donors (Lipinski definition) is 2. The van der Waals surface area contributed by atoms with E-state index in [1.807, 2.05) is 30.0 Å². The lowest BCUT2D eigenvalue weighted by atomic mass is 10.2. The lowest BCUT2D eigenvalue weighted by molar-refractivity contribution is 0.0705. The SMILES string of the molecule is COc1cc(CNC(C)C)ccc1OC[C@H](O)CN1CCSCC1. The number of thioether (sulfide) groups is 1. The maximum Gasteiger partial charge on any atom is 0.161 e. The van der Waals surface area contributed by atoms with Crippen LogP contribution in [-0.4, -0.2) is 67.0 Å². The molecule has 5 nitrogen and oxygen atoms in total. The summed E-state index contributed by atoms with van der Waals surface area (Å²) in [4.78, 5) is 2.29. The molecule has 2 N–H and O–H groups in total. The number of hydrogen-bond acceptors (Lipinski definition) is 6. The molecule has 0 unspecified atom stereocenters. The van der Waals surface area contributed by atoms with Gasteiger partial charge in [0.25, 0.3) is 0 Å². The molecule has 1 aliphatic rings. The Kier molecular flexibility index (Phi) is 8.18. The first-order chi connectivity index (χ1) is 11.6. The van der Waals surface area contributed by atoms with Gasteiger partial charge in [0.1, 0.15) is 12.7 Å². The van der Waals surface area contributed by atoms with Crippen molar-refractivity contribution in [3.05, 3.63) is 23.8 Å². The molecule has 0 spiro atoms. The molecule has 1 atom stereocenters. The summed E-state index contributed by atoms with van der Waals surface area (Å²) in [5.74, 6) is 3.68. The largest absolute Gasteiger partial charge is 0.493 e. The van der Waals surface area contributed by atoms with Crippen LogP contribution in [0.5, 0.6) is 11.5 Å². The Morgan fingerprint density at radius 1 is 1.25 bits per heavy atom. The highest BCUT2D eigenvalue weighted by Gasteiger charge is 2.16. The minimum atomic E-state index is -0.486. The number of aliphatic hydroxyl groups excluding tert-OH is 1. The zero-order valence-corrected chi connectivity index (χ0v) is 15.8. The van der Waals surface area contributed by atoms with E-state index in [-0.39, 0.29) is 6.61 Å². The van der Waals surface area contributed by atoms with Crippen LogP contribution in [-0.2, 0) is 6.54 Å². The second kappa shape index (κ2) is 10.1. The van der Waals surface area contributed by atoms with Gasteiger partial charge in [-0.3, -0.25) is 4.90 Å². The number of ether oxygens (including phenoxy) is 2. The second-order valence-corrected chi connectivity index (χ2v) is 7.62. The van der Waals surface area contributed by atoms with Crippen LogP contribution in [0.1, 0.15) is 19.4 Å². The Hall–Kier alpha value is -0.950. The van der Waals surface area contributed by atoms with E-state index >= 15 is 0 Å². The van der Waals surface area contributed by atoms with E-state index in [0.717, 1.165) is 36.7 Å². The summed E-state index contributed by atoms with van der Waals surface area (Å²) >= 11 is 1.97. The van der Waals surface area contributed by atoms with Crippen molar-refractivity contribution in [3.8, 4) is 11.5 Å². The number of benzene rings is 1. The first-order valence-corrected chi connectivity index (χ1v) is 9.75. The lowest BCUT2D eigenvalue weighted by Crippen LogP contribution is -2.40. The third-order valence-electron chi connectivity index (χ3n) is 3.95. The van der Waals surface area contributed by atoms with Gasteiger partial charge in [0.05, 0.1) is 7.11 Å². The minimum absolute atomic E-state index is 0.281. The first kappa shape index (κ1) is 19.4. The standard InChI is InChI=1S/C18H30N2O3S/c1-14(2)19-11-15-4-5-17(18(10-15)22-3)23-13-16(21)12-20-6-8-24-9-7-20/h4-5,10,14,16,19,21H,6-9,11-13H2,1-3H3/t16-/m1/s1. The van der Waals surface area contributed by atoms with Crippen molar-refractivity contribution >= 4 is 11.8 Å². The topological polar surface area (TPSA) is 54.0 Å². The Balaban J connectivity index is 1.84. The average molecular weight is 355 g/mol. The Morgan fingerprint density at radius 2 is 2.00 bits per heavy atom. The number of methoxy groups -OCH3 is 1. The molecule has 0 aromatic heterocycles. The van der Waals surface area contributed by atoms with Crippen molar-refractivity contribution in [3.63, 3.8) is 0 Å². The van der Waals surface area contributed by atoms with Crippen LogP contribution >= 0.6 is 11.8 Å². The molecule has 136 valence electrons. The van der Waals surface area contributed by atoms with Gasteiger partial charge in [-0.1, -0.05) is 19.9 Å². The van der Waals surface area contributed by atoms with Crippen LogP contribution in [0, 0.1) is 0 Å². The van der Waals surface area contributed by atoms with E-state index in [1.165, 1.54) is 0 Å². The first-order valence-electron chi connectivity index (χ1n) is 8.59. The van der Waals surface area contributed by atoms with Gasteiger partial charge < -0.3 is 19.9 Å². The number of nitrogens with one attached hydrogen (secondary N) is 1. The molecular weight excluding hydrogens is 324 g/mol. The maximum atomic E-state index is 10.2. The zero-order valence-electron chi connectivity index (χ0n) is 15.0. The molecule has 0 saturated carbocycles. The lowest BCUT2D eigenvalue weighted by Gasteiger charge is -2.28. The van der Waals surface area contributed by atoms with E-state index in [0.29, 0.717) is 24.1 Å². The second-order valence-electron chi connectivity index (χ2n) is 6.40. The molecule has 0 aliphatic carbocycles. The molecule has 1 aliphatic heterocycles. The van der Waals surface area contributed by atoms with Crippen molar-refractivity contribution in [2.24, 2.45) is 0 Å². The fourth-order valence-corrected chi connectivity index (χ4v) is 3.56. The normalized spacial score (nSPS) is 17.0. The molecule has 0 bridgehead atoms. The molecule has 1 fully saturated rings. The Bertz CT molecular complexity index is 493. The molecule has 1 saturated heterocycles. The number of rotatable bonds is 9. The summed E-state index contributed by atoms with van der Waals surface area (Å²) in [6, 6.07) is 6.37. The van der Waals surface area contributed by atoms with E-state index < -0.39 is 6.10 Å². The molecule has 0 radical (unpaired) electrons. The van der Waals surface area contributed by atoms with E-state index in [9.17, 15) is 5.11 Å². The van der Waals surface area contributed by atoms with Gasteiger partial charge in [-0.05, 0) is 17.7 Å². The predicted octanol–water partition coefficient (Wildman–Crippen LogP) is 1.98. The van der Waals surface area contributed by atoms with Crippen molar-refractivity contribution in [2.75, 3.05) is 44.9 Å². The fourth-order valence-electron chi connectivity index (χ4n) is 2.58. The van der Waals surface area contributed by atoms with Crippen LogP contribution in [0.15, 0.2) is 18.2 Å². The highest BCUT2D eigenvalue weighted by molar-refractivity contribution is 7.99. The summed E-state index contributed by atoms with van der Waals surface area (Å²) in [6.07, 6.45) is -0.486. The van der Waals surface area contributed by atoms with Crippen molar-refractivity contribution in [1.82, 2.24) is 10.2 Å². The van der Waals surface area contributed by atoms with Gasteiger partial charge >= 0.3 is 0 Å². The maximum absolute atomic E-state index is 10.2. The third kappa shape index (κ3) is 6.51.